The predicted molar refractivity (Wildman–Crippen MR) is 68.2 cm³/mol. The summed E-state index contributed by atoms with van der Waals surface area (Å²) >= 11 is 0. The van der Waals surface area contributed by atoms with Gasteiger partial charge in [-0.25, -0.2) is 4.79 Å². The van der Waals surface area contributed by atoms with E-state index in [1.165, 1.54) is 24.3 Å². The number of nitrogens with one attached hydrogen (secondary N) is 1. The maximum atomic E-state index is 11.8. The van der Waals surface area contributed by atoms with E-state index < -0.39 is 23.8 Å². The summed E-state index contributed by atoms with van der Waals surface area (Å²) in [5, 5.41) is 11.3. The number of nitrogen functional groups attached to an aromatic ring is 1. The highest BCUT2D eigenvalue weighted by atomic mass is 16.4. The molecule has 0 bridgehead atoms. The minimum atomic E-state index is -1.22. The molecule has 0 saturated carbocycles. The minimum absolute atomic E-state index is 0.0502. The molecule has 7 nitrogen and oxygen atoms in total. The van der Waals surface area contributed by atoms with Crippen molar-refractivity contribution in [3.63, 3.8) is 0 Å². The number of carboxylic acids is 1. The summed E-state index contributed by atoms with van der Waals surface area (Å²) in [4.78, 5) is 33.4. The van der Waals surface area contributed by atoms with E-state index in [1.807, 2.05) is 0 Å². The van der Waals surface area contributed by atoms with E-state index in [1.54, 1.807) is 0 Å². The van der Waals surface area contributed by atoms with Crippen LogP contribution in [0.3, 0.4) is 0 Å². The zero-order valence-electron chi connectivity index (χ0n) is 10.1. The van der Waals surface area contributed by atoms with Crippen LogP contribution in [0.1, 0.15) is 23.2 Å². The van der Waals surface area contributed by atoms with Crippen molar-refractivity contribution >= 4 is 23.5 Å². The molecule has 2 amide bonds. The van der Waals surface area contributed by atoms with E-state index in [0.29, 0.717) is 11.3 Å². The maximum Gasteiger partial charge on any atom is 0.326 e. The maximum absolute atomic E-state index is 11.8. The molecule has 1 unspecified atom stereocenters. The number of nitrogens with two attached hydrogens (primary N) is 2. The molecular formula is C12H15N3O4. The Bertz CT molecular complexity index is 484. The van der Waals surface area contributed by atoms with Gasteiger partial charge in [0.25, 0.3) is 5.91 Å². The molecule has 102 valence electrons. The summed E-state index contributed by atoms with van der Waals surface area (Å²) in [5.74, 6) is -2.38. The lowest BCUT2D eigenvalue weighted by Crippen LogP contribution is -2.41. The predicted octanol–water partition coefficient (Wildman–Crippen LogP) is -0.283. The summed E-state index contributed by atoms with van der Waals surface area (Å²) < 4.78 is 0. The molecular weight excluding hydrogens is 250 g/mol. The van der Waals surface area contributed by atoms with Crippen LogP contribution in [0, 0.1) is 0 Å². The van der Waals surface area contributed by atoms with Crippen LogP contribution in [0.25, 0.3) is 0 Å². The van der Waals surface area contributed by atoms with Crippen molar-refractivity contribution in [1.29, 1.82) is 0 Å². The minimum Gasteiger partial charge on any atom is -0.480 e. The Morgan fingerprint density at radius 3 is 2.26 bits per heavy atom. The zero-order chi connectivity index (χ0) is 14.4. The highest BCUT2D eigenvalue weighted by Gasteiger charge is 2.21. The third kappa shape index (κ3) is 4.66. The number of carboxylic acid groups (broad SMARTS) is 1. The Labute approximate surface area is 109 Å². The molecule has 0 saturated heterocycles. The van der Waals surface area contributed by atoms with Crippen LogP contribution < -0.4 is 16.8 Å². The fourth-order valence-corrected chi connectivity index (χ4v) is 1.42. The Hall–Kier alpha value is -2.57. The van der Waals surface area contributed by atoms with Gasteiger partial charge in [0.2, 0.25) is 5.91 Å². The molecule has 0 heterocycles. The standard InChI is InChI=1S/C12H15N3O4/c13-8-3-1-7(2-4-8)11(17)15-9(12(18)19)5-6-10(14)16/h1-4,9H,5-6,13H2,(H2,14,16)(H,15,17)(H,18,19). The molecule has 0 aliphatic carbocycles. The number of carbonyl (C=O) groups is 3. The number of rotatable bonds is 6. The van der Waals surface area contributed by atoms with Crippen LogP contribution >= 0.6 is 0 Å². The third-order valence-corrected chi connectivity index (χ3v) is 2.46. The number of aliphatic carboxylic acids is 1. The molecule has 6 N–H and O–H groups in total. The number of amides is 2. The van der Waals surface area contributed by atoms with Gasteiger partial charge in [0.05, 0.1) is 0 Å². The SMILES string of the molecule is NC(=O)CCC(NC(=O)c1ccc(N)cc1)C(=O)O. The van der Waals surface area contributed by atoms with Gasteiger partial charge in [-0.3, -0.25) is 9.59 Å². The molecule has 1 aromatic carbocycles. The van der Waals surface area contributed by atoms with Crippen molar-refractivity contribution in [1.82, 2.24) is 5.32 Å². The summed E-state index contributed by atoms with van der Waals surface area (Å²) in [6.07, 6.45) is -0.162. The molecule has 7 heteroatoms. The molecule has 0 aliphatic rings. The van der Waals surface area contributed by atoms with Crippen LogP contribution in [0.15, 0.2) is 24.3 Å². The summed E-state index contributed by atoms with van der Waals surface area (Å²) in [6, 6.07) is 4.88. The Balaban J connectivity index is 2.68. The monoisotopic (exact) mass is 265 g/mol. The molecule has 1 atom stereocenters. The number of hydrogen-bond donors (Lipinski definition) is 4. The average Bonchev–Trinajstić information content (AvgIpc) is 2.34. The van der Waals surface area contributed by atoms with Gasteiger partial charge < -0.3 is 21.9 Å². The quantitative estimate of drug-likeness (QED) is 0.524. The van der Waals surface area contributed by atoms with Gasteiger partial charge in [0.15, 0.2) is 0 Å². The second-order valence-electron chi connectivity index (χ2n) is 3.99. The molecule has 19 heavy (non-hydrogen) atoms. The fourth-order valence-electron chi connectivity index (χ4n) is 1.42. The zero-order valence-corrected chi connectivity index (χ0v) is 10.1. The number of hydrogen-bond acceptors (Lipinski definition) is 4. The van der Waals surface area contributed by atoms with Crippen LogP contribution in [0.5, 0.6) is 0 Å². The van der Waals surface area contributed by atoms with Crippen molar-refractivity contribution in [2.45, 2.75) is 18.9 Å². The first kappa shape index (κ1) is 14.5. The van der Waals surface area contributed by atoms with Crippen molar-refractivity contribution < 1.29 is 19.5 Å². The van der Waals surface area contributed by atoms with E-state index in [9.17, 15) is 14.4 Å². The van der Waals surface area contributed by atoms with E-state index in [2.05, 4.69) is 5.32 Å². The van der Waals surface area contributed by atoms with Gasteiger partial charge in [-0.2, -0.15) is 0 Å². The second kappa shape index (κ2) is 6.39. The first-order valence-corrected chi connectivity index (χ1v) is 5.57. The molecule has 0 spiro atoms. The first-order chi connectivity index (χ1) is 8.90. The number of benzene rings is 1. The number of anilines is 1. The van der Waals surface area contributed by atoms with Crippen molar-refractivity contribution in [3.05, 3.63) is 29.8 Å². The molecule has 0 radical (unpaired) electrons. The number of primary amides is 1. The number of carbonyl (C=O) groups excluding carboxylic acids is 2. The van der Waals surface area contributed by atoms with Gasteiger partial charge in [-0.15, -0.1) is 0 Å². The van der Waals surface area contributed by atoms with Crippen molar-refractivity contribution in [3.8, 4) is 0 Å². The van der Waals surface area contributed by atoms with Crippen LogP contribution in [-0.2, 0) is 9.59 Å². The lowest BCUT2D eigenvalue weighted by molar-refractivity contribution is -0.139. The Kier molecular flexibility index (Phi) is 4.87. The third-order valence-electron chi connectivity index (χ3n) is 2.46. The van der Waals surface area contributed by atoms with Crippen LogP contribution in [0.2, 0.25) is 0 Å². The fraction of sp³-hybridized carbons (Fsp3) is 0.250. The van der Waals surface area contributed by atoms with Gasteiger partial charge in [-0.05, 0) is 30.7 Å². The highest BCUT2D eigenvalue weighted by Crippen LogP contribution is 2.06. The topological polar surface area (TPSA) is 136 Å². The van der Waals surface area contributed by atoms with E-state index >= 15 is 0 Å². The normalized spacial score (nSPS) is 11.6. The first-order valence-electron chi connectivity index (χ1n) is 5.57. The summed E-state index contributed by atoms with van der Waals surface area (Å²) in [7, 11) is 0. The Morgan fingerprint density at radius 2 is 1.79 bits per heavy atom. The lowest BCUT2D eigenvalue weighted by Gasteiger charge is -2.13. The van der Waals surface area contributed by atoms with E-state index in [4.69, 9.17) is 16.6 Å². The molecule has 0 aliphatic heterocycles. The van der Waals surface area contributed by atoms with Gasteiger partial charge in [-0.1, -0.05) is 0 Å². The van der Waals surface area contributed by atoms with Crippen molar-refractivity contribution in [2.75, 3.05) is 5.73 Å². The smallest absolute Gasteiger partial charge is 0.326 e. The summed E-state index contributed by atoms with van der Waals surface area (Å²) in [5.41, 5.74) is 11.2. The molecule has 0 aromatic heterocycles. The highest BCUT2D eigenvalue weighted by molar-refractivity contribution is 5.96. The molecule has 1 rings (SSSR count). The van der Waals surface area contributed by atoms with E-state index in [-0.39, 0.29) is 12.8 Å². The average molecular weight is 265 g/mol. The van der Waals surface area contributed by atoms with Crippen LogP contribution in [-0.4, -0.2) is 28.9 Å². The second-order valence-corrected chi connectivity index (χ2v) is 3.99. The lowest BCUT2D eigenvalue weighted by atomic mass is 10.1. The molecule has 1 aromatic rings. The van der Waals surface area contributed by atoms with Crippen LogP contribution in [0.4, 0.5) is 5.69 Å². The van der Waals surface area contributed by atoms with Gasteiger partial charge in [0, 0.05) is 17.7 Å². The van der Waals surface area contributed by atoms with Gasteiger partial charge in [0.1, 0.15) is 6.04 Å². The largest absolute Gasteiger partial charge is 0.480 e. The van der Waals surface area contributed by atoms with E-state index in [0.717, 1.165) is 0 Å². The Morgan fingerprint density at radius 1 is 1.21 bits per heavy atom. The van der Waals surface area contributed by atoms with Gasteiger partial charge >= 0.3 is 5.97 Å². The summed E-state index contributed by atoms with van der Waals surface area (Å²) in [6.45, 7) is 0. The molecule has 0 fully saturated rings. The van der Waals surface area contributed by atoms with Crippen molar-refractivity contribution in [2.24, 2.45) is 5.73 Å².